The Hall–Kier alpha value is -1.92. The Morgan fingerprint density at radius 2 is 2.16 bits per heavy atom. The van der Waals surface area contributed by atoms with E-state index in [1.807, 2.05) is 43.1 Å². The number of carboxylic acids is 1. The molecule has 1 aromatic carbocycles. The first kappa shape index (κ1) is 13.5. The van der Waals surface area contributed by atoms with Crippen LogP contribution in [0.1, 0.15) is 17.3 Å². The molecule has 100 valence electrons. The fraction of sp³-hybridized carbons (Fsp3) is 0.231. The average Bonchev–Trinajstić information content (AvgIpc) is 2.87. The second-order valence-electron chi connectivity index (χ2n) is 4.22. The fourth-order valence-corrected chi connectivity index (χ4v) is 2.58. The summed E-state index contributed by atoms with van der Waals surface area (Å²) in [5.41, 5.74) is 8.09. The van der Waals surface area contributed by atoms with Crippen molar-refractivity contribution in [1.29, 1.82) is 0 Å². The van der Waals surface area contributed by atoms with Crippen LogP contribution >= 0.6 is 11.3 Å². The van der Waals surface area contributed by atoms with E-state index in [1.54, 1.807) is 5.38 Å². The molecule has 2 rings (SSSR count). The number of hydrogen-bond donors (Lipinski definition) is 2. The summed E-state index contributed by atoms with van der Waals surface area (Å²) < 4.78 is 0. The van der Waals surface area contributed by atoms with E-state index < -0.39 is 12.0 Å². The maximum absolute atomic E-state index is 10.8. The maximum Gasteiger partial charge on any atom is 0.326 e. The molecule has 0 saturated heterocycles. The van der Waals surface area contributed by atoms with Gasteiger partial charge < -0.3 is 15.7 Å². The van der Waals surface area contributed by atoms with Crippen LogP contribution in [0.2, 0.25) is 0 Å². The van der Waals surface area contributed by atoms with Crippen LogP contribution in [0.5, 0.6) is 0 Å². The predicted octanol–water partition coefficient (Wildman–Crippen LogP) is 2.30. The van der Waals surface area contributed by atoms with Crippen molar-refractivity contribution < 1.29 is 9.90 Å². The van der Waals surface area contributed by atoms with Crippen LogP contribution < -0.4 is 10.6 Å². The highest BCUT2D eigenvalue weighted by atomic mass is 32.1. The molecule has 0 radical (unpaired) electrons. The first-order chi connectivity index (χ1) is 9.00. The Morgan fingerprint density at radius 1 is 1.47 bits per heavy atom. The molecule has 0 bridgehead atoms. The summed E-state index contributed by atoms with van der Waals surface area (Å²) in [6, 6.07) is 6.86. The molecule has 0 aliphatic carbocycles. The summed E-state index contributed by atoms with van der Waals surface area (Å²) in [4.78, 5) is 17.0. The largest absolute Gasteiger partial charge is 0.480 e. The molecule has 1 unspecified atom stereocenters. The number of benzene rings is 1. The third-order valence-electron chi connectivity index (χ3n) is 2.86. The zero-order chi connectivity index (χ0) is 14.0. The number of nitrogens with zero attached hydrogens (tertiary/aromatic N) is 2. The molecule has 6 heteroatoms. The summed E-state index contributed by atoms with van der Waals surface area (Å²) in [5.74, 6) is -1.07. The first-order valence-corrected chi connectivity index (χ1v) is 6.62. The number of nitrogens with two attached hydrogens (primary N) is 1. The number of aromatic nitrogens is 1. The van der Waals surface area contributed by atoms with E-state index in [0.717, 1.165) is 16.4 Å². The Kier molecular flexibility index (Phi) is 3.82. The van der Waals surface area contributed by atoms with Gasteiger partial charge in [0.1, 0.15) is 6.04 Å². The molecule has 0 spiro atoms. The van der Waals surface area contributed by atoms with Gasteiger partial charge in [0.2, 0.25) is 0 Å². The van der Waals surface area contributed by atoms with Gasteiger partial charge >= 0.3 is 5.97 Å². The Bertz CT molecular complexity index is 597. The highest BCUT2D eigenvalue weighted by Crippen LogP contribution is 2.30. The summed E-state index contributed by atoms with van der Waals surface area (Å²) in [7, 11) is 1.90. The van der Waals surface area contributed by atoms with Crippen molar-refractivity contribution >= 4 is 28.1 Å². The lowest BCUT2D eigenvalue weighted by molar-refractivity contribution is -0.138. The number of aryl methyl sites for hydroxylation is 1. The molecule has 1 aromatic heterocycles. The van der Waals surface area contributed by atoms with Crippen LogP contribution in [0.3, 0.4) is 0 Å². The highest BCUT2D eigenvalue weighted by molar-refractivity contribution is 7.13. The Balaban J connectivity index is 2.28. The van der Waals surface area contributed by atoms with E-state index in [0.29, 0.717) is 5.69 Å². The molecule has 0 saturated carbocycles. The number of thiazole rings is 1. The molecule has 3 N–H and O–H groups in total. The molecular weight excluding hydrogens is 262 g/mol. The minimum atomic E-state index is -1.07. The number of anilines is 2. The monoisotopic (exact) mass is 277 g/mol. The number of aliphatic carboxylic acids is 1. The van der Waals surface area contributed by atoms with Crippen LogP contribution in [-0.4, -0.2) is 23.1 Å². The topological polar surface area (TPSA) is 79.5 Å². The van der Waals surface area contributed by atoms with Gasteiger partial charge in [0.15, 0.2) is 5.13 Å². The quantitative estimate of drug-likeness (QED) is 0.896. The highest BCUT2D eigenvalue weighted by Gasteiger charge is 2.19. The van der Waals surface area contributed by atoms with Crippen LogP contribution in [0.25, 0.3) is 0 Å². The van der Waals surface area contributed by atoms with E-state index in [-0.39, 0.29) is 0 Å². The number of carbonyl (C=O) groups is 1. The number of carboxylic acid groups (broad SMARTS) is 1. The van der Waals surface area contributed by atoms with Crippen molar-refractivity contribution in [2.24, 2.45) is 5.73 Å². The van der Waals surface area contributed by atoms with E-state index in [4.69, 9.17) is 10.8 Å². The van der Waals surface area contributed by atoms with E-state index in [1.165, 1.54) is 11.3 Å². The fourth-order valence-electron chi connectivity index (χ4n) is 1.74. The van der Waals surface area contributed by atoms with Gasteiger partial charge in [-0.1, -0.05) is 18.2 Å². The first-order valence-electron chi connectivity index (χ1n) is 5.74. The van der Waals surface area contributed by atoms with Crippen molar-refractivity contribution in [2.45, 2.75) is 13.0 Å². The summed E-state index contributed by atoms with van der Waals surface area (Å²) in [6.45, 7) is 2.02. The smallest absolute Gasteiger partial charge is 0.326 e. The van der Waals surface area contributed by atoms with Gasteiger partial charge in [-0.15, -0.1) is 11.3 Å². The number of para-hydroxylation sites is 1. The lowest BCUT2D eigenvalue weighted by atomic mass is 10.2. The van der Waals surface area contributed by atoms with Crippen LogP contribution in [-0.2, 0) is 4.79 Å². The SMILES string of the molecule is Cc1ccccc1N(C)c1nc(C(N)C(=O)O)cs1. The van der Waals surface area contributed by atoms with Gasteiger partial charge in [-0.3, -0.25) is 4.79 Å². The molecule has 2 aromatic rings. The zero-order valence-electron chi connectivity index (χ0n) is 10.7. The molecule has 0 amide bonds. The van der Waals surface area contributed by atoms with E-state index in [2.05, 4.69) is 4.98 Å². The van der Waals surface area contributed by atoms with Crippen LogP contribution in [0.4, 0.5) is 10.8 Å². The second-order valence-corrected chi connectivity index (χ2v) is 5.05. The lowest BCUT2D eigenvalue weighted by Gasteiger charge is -2.18. The minimum absolute atomic E-state index is 0.382. The molecule has 0 fully saturated rings. The lowest BCUT2D eigenvalue weighted by Crippen LogP contribution is -2.21. The average molecular weight is 277 g/mol. The van der Waals surface area contributed by atoms with E-state index in [9.17, 15) is 4.79 Å². The molecule has 19 heavy (non-hydrogen) atoms. The number of rotatable bonds is 4. The van der Waals surface area contributed by atoms with Gasteiger partial charge in [-0.05, 0) is 18.6 Å². The molecule has 0 aliphatic rings. The van der Waals surface area contributed by atoms with Crippen molar-refractivity contribution in [1.82, 2.24) is 4.98 Å². The molecule has 1 heterocycles. The summed E-state index contributed by atoms with van der Waals surface area (Å²) in [5, 5.41) is 11.3. The van der Waals surface area contributed by atoms with Gasteiger partial charge in [-0.2, -0.15) is 0 Å². The normalized spacial score (nSPS) is 12.2. The van der Waals surface area contributed by atoms with E-state index >= 15 is 0 Å². The van der Waals surface area contributed by atoms with Crippen molar-refractivity contribution in [3.63, 3.8) is 0 Å². The summed E-state index contributed by atoms with van der Waals surface area (Å²) in [6.07, 6.45) is 0. The van der Waals surface area contributed by atoms with Gasteiger partial charge in [0.05, 0.1) is 5.69 Å². The minimum Gasteiger partial charge on any atom is -0.480 e. The Labute approximate surface area is 115 Å². The number of hydrogen-bond acceptors (Lipinski definition) is 5. The molecular formula is C13H15N3O2S. The molecule has 1 atom stereocenters. The standard InChI is InChI=1S/C13H15N3O2S/c1-8-5-3-4-6-10(8)16(2)13-15-9(7-19-13)11(14)12(17)18/h3-7,11H,14H2,1-2H3,(H,17,18). The van der Waals surface area contributed by atoms with Crippen LogP contribution in [0, 0.1) is 6.92 Å². The molecule has 0 aliphatic heterocycles. The molecule has 5 nitrogen and oxygen atoms in total. The Morgan fingerprint density at radius 3 is 2.79 bits per heavy atom. The van der Waals surface area contributed by atoms with Gasteiger partial charge in [0, 0.05) is 18.1 Å². The second kappa shape index (κ2) is 5.38. The third-order valence-corrected chi connectivity index (χ3v) is 3.79. The van der Waals surface area contributed by atoms with Crippen molar-refractivity contribution in [2.75, 3.05) is 11.9 Å². The predicted molar refractivity (Wildman–Crippen MR) is 75.9 cm³/mol. The van der Waals surface area contributed by atoms with Crippen molar-refractivity contribution in [3.8, 4) is 0 Å². The third kappa shape index (κ3) is 2.74. The van der Waals surface area contributed by atoms with Gasteiger partial charge in [-0.25, -0.2) is 4.98 Å². The maximum atomic E-state index is 10.8. The summed E-state index contributed by atoms with van der Waals surface area (Å²) >= 11 is 1.38. The zero-order valence-corrected chi connectivity index (χ0v) is 11.5. The van der Waals surface area contributed by atoms with Crippen LogP contribution in [0.15, 0.2) is 29.6 Å². The van der Waals surface area contributed by atoms with Crippen molar-refractivity contribution in [3.05, 3.63) is 40.9 Å². The van der Waals surface area contributed by atoms with Gasteiger partial charge in [0.25, 0.3) is 0 Å².